The van der Waals surface area contributed by atoms with Crippen LogP contribution in [0.4, 0.5) is 13.2 Å². The van der Waals surface area contributed by atoms with Crippen LogP contribution in [0.3, 0.4) is 0 Å². The zero-order chi connectivity index (χ0) is 23.7. The second-order valence-corrected chi connectivity index (χ2v) is 8.96. The van der Waals surface area contributed by atoms with Crippen LogP contribution in [-0.2, 0) is 14.8 Å². The number of aromatic nitrogens is 1. The molecule has 0 bridgehead atoms. The molecule has 3 aromatic rings. The molecule has 0 aliphatic carbocycles. The third kappa shape index (κ3) is 4.58. The number of rotatable bonds is 2. The zero-order valence-electron chi connectivity index (χ0n) is 17.2. The van der Waals surface area contributed by atoms with E-state index in [1.807, 2.05) is 24.3 Å². The van der Waals surface area contributed by atoms with Crippen molar-refractivity contribution in [1.29, 1.82) is 0 Å². The normalized spacial score (nSPS) is 17.0. The van der Waals surface area contributed by atoms with E-state index in [0.717, 1.165) is 23.2 Å². The van der Waals surface area contributed by atoms with Gasteiger partial charge in [0.15, 0.2) is 0 Å². The molecule has 0 spiro atoms. The molecule has 2 aromatic carbocycles. The highest BCUT2D eigenvalue weighted by atomic mass is 32.2. The lowest BCUT2D eigenvalue weighted by Crippen LogP contribution is -2.24. The molecule has 1 unspecified atom stereocenters. The van der Waals surface area contributed by atoms with Crippen LogP contribution >= 0.6 is 0 Å². The van der Waals surface area contributed by atoms with Crippen LogP contribution in [0.15, 0.2) is 59.6 Å². The van der Waals surface area contributed by atoms with Gasteiger partial charge in [0.1, 0.15) is 12.4 Å². The quantitative estimate of drug-likeness (QED) is 0.611. The number of hydrogen-bond donors (Lipinski definition) is 1. The first-order valence-corrected chi connectivity index (χ1v) is 11.0. The lowest BCUT2D eigenvalue weighted by atomic mass is 10.0. The van der Waals surface area contributed by atoms with Gasteiger partial charge in [0, 0.05) is 29.7 Å². The summed E-state index contributed by atoms with van der Waals surface area (Å²) in [7, 11) is -1.57. The van der Waals surface area contributed by atoms with Gasteiger partial charge in [0.25, 0.3) is 10.0 Å². The van der Waals surface area contributed by atoms with E-state index in [9.17, 15) is 21.6 Å². The SMILES string of the molecule is CC1c2c(ccc3c2ccn3S(=O)(=O)c2ccccc2)OCCN1C.O=C(O)C(F)(F)F. The minimum Gasteiger partial charge on any atom is -0.492 e. The van der Waals surface area contributed by atoms with Crippen molar-refractivity contribution in [2.45, 2.75) is 24.0 Å². The Hall–Kier alpha value is -3.05. The molecule has 1 atom stereocenters. The number of alkyl halides is 3. The van der Waals surface area contributed by atoms with Crippen molar-refractivity contribution >= 4 is 26.9 Å². The molecule has 1 aliphatic rings. The van der Waals surface area contributed by atoms with Crippen LogP contribution in [-0.4, -0.2) is 54.7 Å². The molecule has 0 radical (unpaired) electrons. The monoisotopic (exact) mass is 470 g/mol. The number of carboxylic acid groups (broad SMARTS) is 1. The summed E-state index contributed by atoms with van der Waals surface area (Å²) in [4.78, 5) is 11.4. The van der Waals surface area contributed by atoms with Crippen molar-refractivity contribution in [3.05, 3.63) is 60.3 Å². The second kappa shape index (κ2) is 8.83. The molecule has 2 heterocycles. The molecule has 11 heteroatoms. The van der Waals surface area contributed by atoms with Gasteiger partial charge in [-0.2, -0.15) is 13.2 Å². The van der Waals surface area contributed by atoms with Crippen molar-refractivity contribution in [3.63, 3.8) is 0 Å². The van der Waals surface area contributed by atoms with E-state index in [4.69, 9.17) is 14.6 Å². The standard InChI is InChI=1S/C19H20N2O3S.C2HF3O2/c1-14-19-16-10-11-21(25(22,23)15-6-4-3-5-7-15)17(16)8-9-18(19)24-13-12-20(14)2;3-2(4,5)1(6)7/h3-11,14H,12-13H2,1-2H3;(H,6,7). The molecule has 0 saturated carbocycles. The zero-order valence-corrected chi connectivity index (χ0v) is 18.0. The predicted molar refractivity (Wildman–Crippen MR) is 111 cm³/mol. The number of benzene rings is 2. The van der Waals surface area contributed by atoms with Crippen LogP contribution < -0.4 is 4.74 Å². The van der Waals surface area contributed by atoms with E-state index in [-0.39, 0.29) is 10.9 Å². The van der Waals surface area contributed by atoms with Gasteiger partial charge in [-0.1, -0.05) is 18.2 Å². The van der Waals surface area contributed by atoms with Crippen molar-refractivity contribution in [2.24, 2.45) is 0 Å². The number of ether oxygens (including phenoxy) is 1. The predicted octanol–water partition coefficient (Wildman–Crippen LogP) is 3.90. The Kier molecular flexibility index (Phi) is 6.51. The molecule has 0 saturated heterocycles. The molecular formula is C21H21F3N2O5S. The number of carbonyl (C=O) groups is 1. The Bertz CT molecular complexity index is 1220. The van der Waals surface area contributed by atoms with Gasteiger partial charge in [0.2, 0.25) is 0 Å². The maximum atomic E-state index is 13.0. The first-order valence-electron chi connectivity index (χ1n) is 9.52. The minimum absolute atomic E-state index is 0.150. The van der Waals surface area contributed by atoms with Crippen LogP contribution in [0.25, 0.3) is 10.9 Å². The maximum Gasteiger partial charge on any atom is 0.490 e. The van der Waals surface area contributed by atoms with Crippen molar-refractivity contribution in [1.82, 2.24) is 8.87 Å². The Morgan fingerprint density at radius 3 is 2.34 bits per heavy atom. The first kappa shape index (κ1) is 23.6. The lowest BCUT2D eigenvalue weighted by Gasteiger charge is -2.22. The molecule has 172 valence electrons. The Morgan fingerprint density at radius 2 is 1.75 bits per heavy atom. The number of halogens is 3. The number of fused-ring (bicyclic) bond motifs is 3. The Morgan fingerprint density at radius 1 is 1.12 bits per heavy atom. The van der Waals surface area contributed by atoms with Crippen LogP contribution in [0.2, 0.25) is 0 Å². The van der Waals surface area contributed by atoms with Gasteiger partial charge in [-0.15, -0.1) is 0 Å². The third-order valence-electron chi connectivity index (χ3n) is 5.16. The second-order valence-electron chi connectivity index (χ2n) is 7.15. The molecule has 0 fully saturated rings. The molecule has 1 aromatic heterocycles. The number of aliphatic carboxylic acids is 1. The van der Waals surface area contributed by atoms with Gasteiger partial charge in [0.05, 0.1) is 10.4 Å². The van der Waals surface area contributed by atoms with Crippen LogP contribution in [0, 0.1) is 0 Å². The van der Waals surface area contributed by atoms with Crippen molar-refractivity contribution in [2.75, 3.05) is 20.2 Å². The number of likely N-dealkylation sites (N-methyl/N-ethyl adjacent to an activating group) is 1. The summed E-state index contributed by atoms with van der Waals surface area (Å²) in [6.07, 6.45) is -3.45. The van der Waals surface area contributed by atoms with Crippen LogP contribution in [0.5, 0.6) is 5.75 Å². The highest BCUT2D eigenvalue weighted by molar-refractivity contribution is 7.90. The summed E-state index contributed by atoms with van der Waals surface area (Å²) < 4.78 is 65.0. The smallest absolute Gasteiger partial charge is 0.490 e. The number of nitrogens with zero attached hydrogens (tertiary/aromatic N) is 2. The highest BCUT2D eigenvalue weighted by Gasteiger charge is 2.38. The summed E-state index contributed by atoms with van der Waals surface area (Å²) in [5.41, 5.74) is 1.72. The van der Waals surface area contributed by atoms with Gasteiger partial charge < -0.3 is 9.84 Å². The highest BCUT2D eigenvalue weighted by Crippen LogP contribution is 2.38. The van der Waals surface area contributed by atoms with Crippen molar-refractivity contribution < 1.29 is 36.2 Å². The van der Waals surface area contributed by atoms with Gasteiger partial charge in [-0.05, 0) is 44.3 Å². The summed E-state index contributed by atoms with van der Waals surface area (Å²) in [5, 5.41) is 8.04. The minimum atomic E-state index is -5.08. The summed E-state index contributed by atoms with van der Waals surface area (Å²) >= 11 is 0. The molecule has 32 heavy (non-hydrogen) atoms. The average molecular weight is 470 g/mol. The van der Waals surface area contributed by atoms with Crippen molar-refractivity contribution in [3.8, 4) is 5.75 Å². The van der Waals surface area contributed by atoms with Gasteiger partial charge in [-0.25, -0.2) is 17.2 Å². The molecule has 0 amide bonds. The Labute approximate surface area is 182 Å². The Balaban J connectivity index is 0.000000360. The fourth-order valence-corrected chi connectivity index (χ4v) is 4.75. The topological polar surface area (TPSA) is 88.8 Å². The van der Waals surface area contributed by atoms with Gasteiger partial charge in [-0.3, -0.25) is 4.90 Å². The van der Waals surface area contributed by atoms with Gasteiger partial charge >= 0.3 is 12.1 Å². The molecule has 4 rings (SSSR count). The van der Waals surface area contributed by atoms with Crippen LogP contribution in [0.1, 0.15) is 18.5 Å². The first-order chi connectivity index (χ1) is 14.9. The fourth-order valence-electron chi connectivity index (χ4n) is 3.38. The fraction of sp³-hybridized carbons (Fsp3) is 0.286. The van der Waals surface area contributed by atoms with E-state index in [1.165, 1.54) is 3.97 Å². The van der Waals surface area contributed by atoms with E-state index in [2.05, 4.69) is 18.9 Å². The molecule has 1 aliphatic heterocycles. The van der Waals surface area contributed by atoms with E-state index >= 15 is 0 Å². The average Bonchev–Trinajstić information content (AvgIpc) is 3.12. The largest absolute Gasteiger partial charge is 0.492 e. The van der Waals surface area contributed by atoms with E-state index in [0.29, 0.717) is 12.1 Å². The molecular weight excluding hydrogens is 449 g/mol. The maximum absolute atomic E-state index is 13.0. The van der Waals surface area contributed by atoms with E-state index < -0.39 is 22.2 Å². The summed E-state index contributed by atoms with van der Waals surface area (Å²) in [6, 6.07) is 14.2. The number of hydrogen-bond acceptors (Lipinski definition) is 5. The van der Waals surface area contributed by atoms with E-state index in [1.54, 1.807) is 30.5 Å². The molecule has 7 nitrogen and oxygen atoms in total. The summed E-state index contributed by atoms with van der Waals surface area (Å²) in [5.74, 6) is -1.92. The third-order valence-corrected chi connectivity index (χ3v) is 6.87. The molecule has 1 N–H and O–H groups in total. The number of carboxylic acids is 1. The lowest BCUT2D eigenvalue weighted by molar-refractivity contribution is -0.192. The summed E-state index contributed by atoms with van der Waals surface area (Å²) in [6.45, 7) is 3.58.